The van der Waals surface area contributed by atoms with E-state index >= 15 is 0 Å². The summed E-state index contributed by atoms with van der Waals surface area (Å²) in [5.41, 5.74) is -1.99. The summed E-state index contributed by atoms with van der Waals surface area (Å²) >= 11 is 12.2. The minimum Gasteiger partial charge on any atom is -0.505 e. The number of halogens is 4. The van der Waals surface area contributed by atoms with Crippen LogP contribution in [-0.4, -0.2) is 38.0 Å². The van der Waals surface area contributed by atoms with E-state index in [-0.39, 0.29) is 32.5 Å². The zero-order valence-corrected chi connectivity index (χ0v) is 14.9. The molecule has 1 aromatic carbocycles. The molecule has 142 valence electrons. The molecule has 3 aromatic rings. The number of aliphatic hydroxyl groups excluding tert-OH is 1. The van der Waals surface area contributed by atoms with Gasteiger partial charge in [-0.2, -0.15) is 0 Å². The molecule has 0 saturated carbocycles. The summed E-state index contributed by atoms with van der Waals surface area (Å²) in [7, 11) is 0. The SMILES string of the molecule is O=c1c(-c2c(Cl)ccc(Cl)c2OCO)c(O)c2nccnc2n1CC(F)F. The molecule has 0 spiro atoms. The summed E-state index contributed by atoms with van der Waals surface area (Å²) in [5, 5.41) is 19.7. The lowest BCUT2D eigenvalue weighted by Gasteiger charge is -2.17. The monoisotopic (exact) mass is 417 g/mol. The van der Waals surface area contributed by atoms with Crippen LogP contribution < -0.4 is 10.3 Å². The first kappa shape index (κ1) is 19.3. The molecule has 0 fully saturated rings. The average Bonchev–Trinajstić information content (AvgIpc) is 2.64. The number of alkyl halides is 2. The molecule has 0 saturated heterocycles. The van der Waals surface area contributed by atoms with Gasteiger partial charge in [0.05, 0.1) is 27.7 Å². The standard InChI is InChI=1S/C16H11Cl2F2N3O4/c17-7-1-2-8(18)14(27-6-24)10(7)11-13(25)12-15(22-4-3-21-12)23(16(11)26)5-9(19)20/h1-4,9,24-25H,5-6H2. The van der Waals surface area contributed by atoms with Crippen LogP contribution in [0.4, 0.5) is 8.78 Å². The Bertz CT molecular complexity index is 1080. The first-order valence-electron chi connectivity index (χ1n) is 7.43. The van der Waals surface area contributed by atoms with Gasteiger partial charge in [0.2, 0.25) is 0 Å². The zero-order valence-electron chi connectivity index (χ0n) is 13.4. The fourth-order valence-corrected chi connectivity index (χ4v) is 3.11. The summed E-state index contributed by atoms with van der Waals surface area (Å²) < 4.78 is 31.8. The van der Waals surface area contributed by atoms with Crippen molar-refractivity contribution in [1.29, 1.82) is 0 Å². The molecule has 11 heteroatoms. The highest BCUT2D eigenvalue weighted by Crippen LogP contribution is 2.44. The Morgan fingerprint density at radius 1 is 1.15 bits per heavy atom. The van der Waals surface area contributed by atoms with E-state index in [0.29, 0.717) is 4.57 Å². The van der Waals surface area contributed by atoms with Gasteiger partial charge in [0.25, 0.3) is 12.0 Å². The maximum Gasteiger partial charge on any atom is 0.264 e. The van der Waals surface area contributed by atoms with E-state index in [2.05, 4.69) is 9.97 Å². The van der Waals surface area contributed by atoms with E-state index in [1.54, 1.807) is 0 Å². The van der Waals surface area contributed by atoms with Gasteiger partial charge in [-0.1, -0.05) is 23.2 Å². The molecule has 2 heterocycles. The van der Waals surface area contributed by atoms with Crippen molar-refractivity contribution in [1.82, 2.24) is 14.5 Å². The summed E-state index contributed by atoms with van der Waals surface area (Å²) in [5.74, 6) is -0.813. The van der Waals surface area contributed by atoms with E-state index in [1.165, 1.54) is 24.5 Å². The van der Waals surface area contributed by atoms with Gasteiger partial charge in [-0.05, 0) is 12.1 Å². The molecule has 0 unspecified atom stereocenters. The molecule has 0 radical (unpaired) electrons. The van der Waals surface area contributed by atoms with Crippen LogP contribution in [-0.2, 0) is 6.54 Å². The molecular weight excluding hydrogens is 407 g/mol. The molecule has 27 heavy (non-hydrogen) atoms. The molecule has 0 bridgehead atoms. The molecule has 7 nitrogen and oxygen atoms in total. The lowest BCUT2D eigenvalue weighted by molar-refractivity contribution is 0.0991. The topological polar surface area (TPSA) is 97.5 Å². The molecule has 2 aromatic heterocycles. The van der Waals surface area contributed by atoms with Crippen molar-refractivity contribution in [3.8, 4) is 22.6 Å². The van der Waals surface area contributed by atoms with Crippen LogP contribution in [0.5, 0.6) is 11.5 Å². The number of hydrogen-bond acceptors (Lipinski definition) is 6. The number of aromatic hydroxyl groups is 1. The lowest BCUT2D eigenvalue weighted by atomic mass is 10.0. The van der Waals surface area contributed by atoms with Crippen LogP contribution in [0.25, 0.3) is 22.3 Å². The maximum absolute atomic E-state index is 13.0. The van der Waals surface area contributed by atoms with Gasteiger partial charge in [-0.15, -0.1) is 0 Å². The van der Waals surface area contributed by atoms with Crippen LogP contribution in [0.1, 0.15) is 0 Å². The molecule has 0 atom stereocenters. The Kier molecular flexibility index (Phi) is 5.45. The van der Waals surface area contributed by atoms with Crippen LogP contribution in [0, 0.1) is 0 Å². The van der Waals surface area contributed by atoms with Crippen molar-refractivity contribution in [3.05, 3.63) is 44.9 Å². The number of fused-ring (bicyclic) bond motifs is 1. The van der Waals surface area contributed by atoms with Gasteiger partial charge in [0, 0.05) is 12.4 Å². The summed E-state index contributed by atoms with van der Waals surface area (Å²) in [6, 6.07) is 2.69. The first-order valence-corrected chi connectivity index (χ1v) is 8.19. The third-order valence-electron chi connectivity index (χ3n) is 3.69. The van der Waals surface area contributed by atoms with Crippen molar-refractivity contribution in [3.63, 3.8) is 0 Å². The summed E-state index contributed by atoms with van der Waals surface area (Å²) in [6.45, 7) is -1.78. The van der Waals surface area contributed by atoms with Crippen molar-refractivity contribution in [2.24, 2.45) is 0 Å². The quantitative estimate of drug-likeness (QED) is 0.619. The largest absolute Gasteiger partial charge is 0.505 e. The number of nitrogens with zero attached hydrogens (tertiary/aromatic N) is 3. The maximum atomic E-state index is 13.0. The number of rotatable bonds is 5. The average molecular weight is 418 g/mol. The van der Waals surface area contributed by atoms with Gasteiger partial charge in [-0.3, -0.25) is 9.36 Å². The predicted molar refractivity (Wildman–Crippen MR) is 94.6 cm³/mol. The Labute approximate surface area is 160 Å². The Morgan fingerprint density at radius 2 is 1.81 bits per heavy atom. The van der Waals surface area contributed by atoms with Gasteiger partial charge < -0.3 is 14.9 Å². The van der Waals surface area contributed by atoms with Crippen molar-refractivity contribution >= 4 is 34.4 Å². The Hall–Kier alpha value is -2.49. The molecular formula is C16H11Cl2F2N3O4. The van der Waals surface area contributed by atoms with Gasteiger partial charge in [0.1, 0.15) is 5.52 Å². The molecule has 3 rings (SSSR count). The number of aromatic nitrogens is 3. The second-order valence-electron chi connectivity index (χ2n) is 5.27. The van der Waals surface area contributed by atoms with Gasteiger partial charge in [0.15, 0.2) is 23.9 Å². The molecule has 0 aliphatic rings. The zero-order chi connectivity index (χ0) is 19.7. The van der Waals surface area contributed by atoms with Crippen molar-refractivity contribution in [2.45, 2.75) is 13.0 Å². The fourth-order valence-electron chi connectivity index (χ4n) is 2.65. The minimum atomic E-state index is -2.87. The molecule has 0 aliphatic heterocycles. The first-order chi connectivity index (χ1) is 12.9. The fraction of sp³-hybridized carbons (Fsp3) is 0.188. The number of pyridine rings is 1. The van der Waals surface area contributed by atoms with Crippen LogP contribution in [0.2, 0.25) is 10.0 Å². The molecule has 0 amide bonds. The second-order valence-corrected chi connectivity index (χ2v) is 6.08. The van der Waals surface area contributed by atoms with E-state index in [4.69, 9.17) is 33.0 Å². The number of hydrogen-bond donors (Lipinski definition) is 2. The highest BCUT2D eigenvalue weighted by atomic mass is 35.5. The number of ether oxygens (including phenoxy) is 1. The minimum absolute atomic E-state index is 0.0121. The van der Waals surface area contributed by atoms with Crippen LogP contribution in [0.3, 0.4) is 0 Å². The highest BCUT2D eigenvalue weighted by Gasteiger charge is 2.26. The number of benzene rings is 1. The normalized spacial score (nSPS) is 11.3. The Balaban J connectivity index is 2.47. The van der Waals surface area contributed by atoms with E-state index in [9.17, 15) is 18.7 Å². The van der Waals surface area contributed by atoms with Crippen LogP contribution >= 0.6 is 23.2 Å². The Morgan fingerprint density at radius 3 is 2.48 bits per heavy atom. The van der Waals surface area contributed by atoms with Crippen molar-refractivity contribution < 1.29 is 23.7 Å². The summed E-state index contributed by atoms with van der Waals surface area (Å²) in [6.07, 6.45) is -0.434. The molecule has 0 aliphatic carbocycles. The van der Waals surface area contributed by atoms with Crippen LogP contribution in [0.15, 0.2) is 29.3 Å². The third-order valence-corrected chi connectivity index (χ3v) is 4.31. The molecule has 2 N–H and O–H groups in total. The number of aliphatic hydroxyl groups is 1. The van der Waals surface area contributed by atoms with E-state index in [0.717, 1.165) is 0 Å². The van der Waals surface area contributed by atoms with Crippen molar-refractivity contribution in [2.75, 3.05) is 6.79 Å². The van der Waals surface area contributed by atoms with E-state index in [1.807, 2.05) is 0 Å². The third kappa shape index (κ3) is 3.41. The smallest absolute Gasteiger partial charge is 0.264 e. The lowest BCUT2D eigenvalue weighted by Crippen LogP contribution is -2.26. The summed E-state index contributed by atoms with van der Waals surface area (Å²) in [4.78, 5) is 20.7. The van der Waals surface area contributed by atoms with Gasteiger partial charge >= 0.3 is 0 Å². The highest BCUT2D eigenvalue weighted by molar-refractivity contribution is 6.37. The van der Waals surface area contributed by atoms with Gasteiger partial charge in [-0.25, -0.2) is 18.7 Å². The second kappa shape index (κ2) is 7.63. The predicted octanol–water partition coefficient (Wildman–Crippen LogP) is 3.06. The van der Waals surface area contributed by atoms with E-state index < -0.39 is 36.6 Å².